The van der Waals surface area contributed by atoms with Crippen LogP contribution in [0, 0.1) is 5.41 Å². The molecule has 0 unspecified atom stereocenters. The quantitative estimate of drug-likeness (QED) is 0.724. The molecule has 7 heteroatoms. The molecule has 0 radical (unpaired) electrons. The predicted molar refractivity (Wildman–Crippen MR) is 83.6 cm³/mol. The minimum Gasteiger partial charge on any atom is -0.396 e. The zero-order chi connectivity index (χ0) is 16.0. The predicted octanol–water partition coefficient (Wildman–Crippen LogP) is 2.46. The number of aliphatic hydroxyl groups is 1. The van der Waals surface area contributed by atoms with Crippen molar-refractivity contribution in [2.75, 3.05) is 18.5 Å². The van der Waals surface area contributed by atoms with Gasteiger partial charge in [0.1, 0.15) is 0 Å². The summed E-state index contributed by atoms with van der Waals surface area (Å²) in [6.07, 6.45) is 0.527. The highest BCUT2D eigenvalue weighted by Crippen LogP contribution is 2.22. The molecule has 0 saturated carbocycles. The van der Waals surface area contributed by atoms with Gasteiger partial charge in [-0.05, 0) is 30.0 Å². The van der Waals surface area contributed by atoms with Gasteiger partial charge < -0.3 is 15.7 Å². The lowest BCUT2D eigenvalue weighted by atomic mass is 9.90. The lowest BCUT2D eigenvalue weighted by Crippen LogP contribution is -2.40. The highest BCUT2D eigenvalue weighted by molar-refractivity contribution is 6.40. The second kappa shape index (κ2) is 7.64. The molecule has 1 rings (SSSR count). The third kappa shape index (κ3) is 6.33. The minimum atomic E-state index is -0.798. The van der Waals surface area contributed by atoms with E-state index in [0.29, 0.717) is 22.2 Å². The summed E-state index contributed by atoms with van der Waals surface area (Å²) in [5.74, 6) is -1.55. The Kier molecular flexibility index (Phi) is 6.45. The largest absolute Gasteiger partial charge is 0.396 e. The number of halogens is 2. The summed E-state index contributed by atoms with van der Waals surface area (Å²) in [6, 6.07) is 4.51. The smallest absolute Gasteiger partial charge is 0.313 e. The van der Waals surface area contributed by atoms with Crippen LogP contribution in [0.3, 0.4) is 0 Å². The lowest BCUT2D eigenvalue weighted by molar-refractivity contribution is -0.136. The van der Waals surface area contributed by atoms with Gasteiger partial charge in [0.2, 0.25) is 0 Å². The van der Waals surface area contributed by atoms with Crippen LogP contribution >= 0.6 is 23.2 Å². The number of rotatable bonds is 5. The molecule has 0 aliphatic carbocycles. The molecule has 0 heterocycles. The van der Waals surface area contributed by atoms with Crippen molar-refractivity contribution in [3.63, 3.8) is 0 Å². The van der Waals surface area contributed by atoms with Gasteiger partial charge in [0.15, 0.2) is 0 Å². The Hall–Kier alpha value is -1.30. The molecule has 116 valence electrons. The minimum absolute atomic E-state index is 0.0239. The molecule has 0 aliphatic heterocycles. The fourth-order valence-corrected chi connectivity index (χ4v) is 2.13. The van der Waals surface area contributed by atoms with Gasteiger partial charge in [-0.1, -0.05) is 37.0 Å². The number of aliphatic hydroxyl groups excluding tert-OH is 1. The number of hydrogen-bond donors (Lipinski definition) is 3. The van der Waals surface area contributed by atoms with Crippen molar-refractivity contribution in [3.05, 3.63) is 28.2 Å². The molecule has 1 aromatic carbocycles. The van der Waals surface area contributed by atoms with Crippen molar-refractivity contribution in [1.29, 1.82) is 0 Å². The summed E-state index contributed by atoms with van der Waals surface area (Å²) in [7, 11) is 0. The van der Waals surface area contributed by atoms with E-state index in [1.807, 2.05) is 13.8 Å². The number of carbonyl (C=O) groups is 2. The SMILES string of the molecule is CC(C)(CCO)CNC(=O)C(=O)Nc1cc(Cl)cc(Cl)c1. The summed E-state index contributed by atoms with van der Waals surface area (Å²) < 4.78 is 0. The molecule has 0 saturated heterocycles. The molecule has 0 aromatic heterocycles. The maximum Gasteiger partial charge on any atom is 0.313 e. The molecule has 3 N–H and O–H groups in total. The maximum atomic E-state index is 11.8. The fourth-order valence-electron chi connectivity index (χ4n) is 1.60. The maximum absolute atomic E-state index is 11.8. The topological polar surface area (TPSA) is 78.4 Å². The molecule has 1 aromatic rings. The molecule has 0 fully saturated rings. The van der Waals surface area contributed by atoms with Crippen LogP contribution in [-0.4, -0.2) is 30.1 Å². The van der Waals surface area contributed by atoms with E-state index in [1.165, 1.54) is 18.2 Å². The molecule has 0 spiro atoms. The van der Waals surface area contributed by atoms with E-state index in [1.54, 1.807) is 0 Å². The van der Waals surface area contributed by atoms with E-state index in [2.05, 4.69) is 10.6 Å². The summed E-state index contributed by atoms with van der Waals surface area (Å²) >= 11 is 11.6. The van der Waals surface area contributed by atoms with Crippen LogP contribution in [0.4, 0.5) is 5.69 Å². The van der Waals surface area contributed by atoms with Gasteiger partial charge in [-0.25, -0.2) is 0 Å². The third-order valence-corrected chi connectivity index (χ3v) is 3.28. The third-order valence-electron chi connectivity index (χ3n) is 2.84. The van der Waals surface area contributed by atoms with E-state index >= 15 is 0 Å². The van der Waals surface area contributed by atoms with Crippen LogP contribution in [0.1, 0.15) is 20.3 Å². The number of carbonyl (C=O) groups excluding carboxylic acids is 2. The normalized spacial score (nSPS) is 11.1. The number of benzene rings is 1. The van der Waals surface area contributed by atoms with Gasteiger partial charge in [-0.3, -0.25) is 9.59 Å². The van der Waals surface area contributed by atoms with E-state index in [9.17, 15) is 9.59 Å². The van der Waals surface area contributed by atoms with Crippen LogP contribution < -0.4 is 10.6 Å². The Balaban J connectivity index is 2.57. The Labute approximate surface area is 133 Å². The molecular weight excluding hydrogens is 315 g/mol. The fraction of sp³-hybridized carbons (Fsp3) is 0.429. The highest BCUT2D eigenvalue weighted by atomic mass is 35.5. The molecule has 0 atom stereocenters. The van der Waals surface area contributed by atoms with Gasteiger partial charge in [-0.15, -0.1) is 0 Å². The van der Waals surface area contributed by atoms with Gasteiger partial charge in [0.05, 0.1) is 0 Å². The van der Waals surface area contributed by atoms with Crippen molar-refractivity contribution < 1.29 is 14.7 Å². The molecule has 0 aliphatic rings. The monoisotopic (exact) mass is 332 g/mol. The van der Waals surface area contributed by atoms with Crippen LogP contribution in [0.5, 0.6) is 0 Å². The van der Waals surface area contributed by atoms with Crippen molar-refractivity contribution >= 4 is 40.7 Å². The first-order valence-corrected chi connectivity index (χ1v) is 7.15. The van der Waals surface area contributed by atoms with Crippen molar-refractivity contribution in [1.82, 2.24) is 5.32 Å². The molecule has 0 bridgehead atoms. The van der Waals surface area contributed by atoms with Crippen LogP contribution in [-0.2, 0) is 9.59 Å². The zero-order valence-electron chi connectivity index (χ0n) is 11.9. The standard InChI is InChI=1S/C14H18Cl2N2O3/c1-14(2,3-4-19)8-17-12(20)13(21)18-11-6-9(15)5-10(16)7-11/h5-7,19H,3-4,8H2,1-2H3,(H,17,20)(H,18,21). The Morgan fingerprint density at radius 3 is 2.24 bits per heavy atom. The van der Waals surface area contributed by atoms with E-state index in [4.69, 9.17) is 28.3 Å². The van der Waals surface area contributed by atoms with Gasteiger partial charge in [0.25, 0.3) is 0 Å². The van der Waals surface area contributed by atoms with E-state index < -0.39 is 11.8 Å². The van der Waals surface area contributed by atoms with Gasteiger partial charge in [-0.2, -0.15) is 0 Å². The first-order chi connectivity index (χ1) is 9.73. The van der Waals surface area contributed by atoms with E-state index in [0.717, 1.165) is 0 Å². The molecule has 21 heavy (non-hydrogen) atoms. The number of anilines is 1. The number of nitrogens with one attached hydrogen (secondary N) is 2. The van der Waals surface area contributed by atoms with Crippen LogP contribution in [0.25, 0.3) is 0 Å². The Morgan fingerprint density at radius 1 is 1.14 bits per heavy atom. The highest BCUT2D eigenvalue weighted by Gasteiger charge is 2.21. The molecule has 5 nitrogen and oxygen atoms in total. The number of hydrogen-bond acceptors (Lipinski definition) is 3. The zero-order valence-corrected chi connectivity index (χ0v) is 13.4. The Morgan fingerprint density at radius 2 is 1.71 bits per heavy atom. The second-order valence-electron chi connectivity index (χ2n) is 5.43. The average molecular weight is 333 g/mol. The van der Waals surface area contributed by atoms with E-state index in [-0.39, 0.29) is 18.6 Å². The summed E-state index contributed by atoms with van der Waals surface area (Å²) in [4.78, 5) is 23.5. The van der Waals surface area contributed by atoms with Crippen molar-refractivity contribution in [3.8, 4) is 0 Å². The number of amides is 2. The van der Waals surface area contributed by atoms with Gasteiger partial charge >= 0.3 is 11.8 Å². The first-order valence-electron chi connectivity index (χ1n) is 6.40. The summed E-state index contributed by atoms with van der Waals surface area (Å²) in [5, 5.41) is 14.6. The second-order valence-corrected chi connectivity index (χ2v) is 6.31. The van der Waals surface area contributed by atoms with Crippen molar-refractivity contribution in [2.45, 2.75) is 20.3 Å². The summed E-state index contributed by atoms with van der Waals surface area (Å²) in [6.45, 7) is 4.09. The Bertz CT molecular complexity index is 513. The first kappa shape index (κ1) is 17.8. The van der Waals surface area contributed by atoms with Crippen LogP contribution in [0.2, 0.25) is 10.0 Å². The van der Waals surface area contributed by atoms with Crippen molar-refractivity contribution in [2.24, 2.45) is 5.41 Å². The summed E-state index contributed by atoms with van der Waals surface area (Å²) in [5.41, 5.74) is 0.0617. The lowest BCUT2D eigenvalue weighted by Gasteiger charge is -2.23. The average Bonchev–Trinajstić information content (AvgIpc) is 2.34. The van der Waals surface area contributed by atoms with Crippen LogP contribution in [0.15, 0.2) is 18.2 Å². The molecule has 2 amide bonds. The molecular formula is C14H18Cl2N2O3. The van der Waals surface area contributed by atoms with Gasteiger partial charge in [0, 0.05) is 28.9 Å².